The van der Waals surface area contributed by atoms with Gasteiger partial charge in [-0.2, -0.15) is 0 Å². The lowest BCUT2D eigenvalue weighted by Gasteiger charge is -2.22. The van der Waals surface area contributed by atoms with Gasteiger partial charge >= 0.3 is 0 Å². The second kappa shape index (κ2) is 6.22. The molecule has 0 bridgehead atoms. The zero-order chi connectivity index (χ0) is 16.5. The summed E-state index contributed by atoms with van der Waals surface area (Å²) in [4.78, 5) is 6.83. The van der Waals surface area contributed by atoms with E-state index in [0.29, 0.717) is 0 Å². The van der Waals surface area contributed by atoms with Crippen LogP contribution in [0.4, 0.5) is 17.1 Å². The van der Waals surface area contributed by atoms with Gasteiger partial charge in [-0.15, -0.1) is 0 Å². The van der Waals surface area contributed by atoms with Crippen LogP contribution in [-0.4, -0.2) is 18.6 Å². The van der Waals surface area contributed by atoms with Crippen molar-refractivity contribution in [2.45, 2.75) is 6.42 Å². The molecule has 0 saturated carbocycles. The van der Waals surface area contributed by atoms with Gasteiger partial charge in [-0.25, -0.2) is 0 Å². The summed E-state index contributed by atoms with van der Waals surface area (Å²) >= 11 is 1.11. The maximum atomic E-state index is 5.53. The fourth-order valence-electron chi connectivity index (χ4n) is 3.24. The van der Waals surface area contributed by atoms with Crippen molar-refractivity contribution in [2.75, 3.05) is 23.3 Å². The third-order valence-electron chi connectivity index (χ3n) is 4.38. The zero-order valence-electron chi connectivity index (χ0n) is 13.3. The number of pyridine rings is 1. The van der Waals surface area contributed by atoms with Gasteiger partial charge in [0.1, 0.15) is 5.75 Å². The molecule has 0 aliphatic carbocycles. The first-order chi connectivity index (χ1) is 11.8. The topological polar surface area (TPSA) is 63.4 Å². The van der Waals surface area contributed by atoms with E-state index < -0.39 is 0 Å². The third-order valence-corrected chi connectivity index (χ3v) is 4.73. The Balaban J connectivity index is 1.81. The molecular weight excluding hydrogens is 320 g/mol. The van der Waals surface area contributed by atoms with Crippen LogP contribution in [0.15, 0.2) is 48.7 Å². The number of anilines is 3. The Labute approximate surface area is 145 Å². The molecule has 0 saturated heterocycles. The quantitative estimate of drug-likeness (QED) is 0.704. The molecule has 3 aromatic rings. The van der Waals surface area contributed by atoms with Gasteiger partial charge in [0.15, 0.2) is 0 Å². The van der Waals surface area contributed by atoms with E-state index in [1.165, 1.54) is 16.9 Å². The normalized spacial score (nSPS) is 13.2. The highest BCUT2D eigenvalue weighted by Gasteiger charge is 2.22. The van der Waals surface area contributed by atoms with Gasteiger partial charge in [-0.3, -0.25) is 10.1 Å². The second-order valence-corrected chi connectivity index (χ2v) is 6.12. The van der Waals surface area contributed by atoms with Crippen molar-refractivity contribution in [1.29, 1.82) is 0 Å². The second-order valence-electron chi connectivity index (χ2n) is 5.68. The maximum absolute atomic E-state index is 5.53. The summed E-state index contributed by atoms with van der Waals surface area (Å²) in [6, 6.07) is 14.5. The molecular formula is C18H18N4OS. The standard InChI is InChI=1S/C18H18N4OS/c1-23-14-4-5-15-16(11-14)20-8-6-17(15)22-9-7-12-2-3-13(21-24-19)10-18(12)22/h2-6,8,10-11,21H,7,9,19H2,1H3. The summed E-state index contributed by atoms with van der Waals surface area (Å²) in [6.45, 7) is 0.958. The van der Waals surface area contributed by atoms with Crippen LogP contribution in [-0.2, 0) is 6.42 Å². The van der Waals surface area contributed by atoms with Gasteiger partial charge in [-0.1, -0.05) is 6.07 Å². The molecule has 24 heavy (non-hydrogen) atoms. The molecule has 0 amide bonds. The Morgan fingerprint density at radius 3 is 2.92 bits per heavy atom. The molecule has 0 unspecified atom stereocenters. The van der Waals surface area contributed by atoms with Gasteiger partial charge in [0.25, 0.3) is 0 Å². The van der Waals surface area contributed by atoms with E-state index in [2.05, 4.69) is 44.9 Å². The third kappa shape index (κ3) is 2.53. The Kier molecular flexibility index (Phi) is 3.92. The van der Waals surface area contributed by atoms with E-state index in [1.807, 2.05) is 18.3 Å². The largest absolute Gasteiger partial charge is 0.497 e. The van der Waals surface area contributed by atoms with Crippen LogP contribution in [0.1, 0.15) is 5.56 Å². The lowest BCUT2D eigenvalue weighted by Crippen LogP contribution is -2.14. The highest BCUT2D eigenvalue weighted by molar-refractivity contribution is 7.98. The number of fused-ring (bicyclic) bond motifs is 2. The molecule has 1 aromatic heterocycles. The molecule has 5 nitrogen and oxygen atoms in total. The summed E-state index contributed by atoms with van der Waals surface area (Å²) in [5.41, 5.74) is 5.68. The molecule has 2 aromatic carbocycles. The fourth-order valence-corrected chi connectivity index (χ4v) is 3.50. The number of nitrogens with one attached hydrogen (secondary N) is 1. The summed E-state index contributed by atoms with van der Waals surface area (Å²) in [7, 11) is 1.67. The van der Waals surface area contributed by atoms with Gasteiger partial charge < -0.3 is 14.4 Å². The average molecular weight is 338 g/mol. The van der Waals surface area contributed by atoms with Crippen molar-refractivity contribution < 1.29 is 4.74 Å². The monoisotopic (exact) mass is 338 g/mol. The Morgan fingerprint density at radius 2 is 2.08 bits per heavy atom. The van der Waals surface area contributed by atoms with E-state index in [1.54, 1.807) is 7.11 Å². The minimum atomic E-state index is 0.820. The number of hydrogen-bond acceptors (Lipinski definition) is 6. The molecule has 0 fully saturated rings. The van der Waals surface area contributed by atoms with E-state index in [9.17, 15) is 0 Å². The minimum Gasteiger partial charge on any atom is -0.497 e. The van der Waals surface area contributed by atoms with Gasteiger partial charge in [0.05, 0.1) is 18.3 Å². The molecule has 6 heteroatoms. The summed E-state index contributed by atoms with van der Waals surface area (Å²) in [5, 5.41) is 6.65. The van der Waals surface area contributed by atoms with E-state index >= 15 is 0 Å². The van der Waals surface area contributed by atoms with Crippen molar-refractivity contribution >= 4 is 40.1 Å². The number of benzene rings is 2. The van der Waals surface area contributed by atoms with E-state index in [0.717, 1.165) is 47.4 Å². The molecule has 0 spiro atoms. The summed E-state index contributed by atoms with van der Waals surface area (Å²) in [6.07, 6.45) is 2.89. The van der Waals surface area contributed by atoms with Crippen molar-refractivity contribution in [2.24, 2.45) is 5.14 Å². The van der Waals surface area contributed by atoms with Crippen molar-refractivity contribution in [1.82, 2.24) is 4.98 Å². The lowest BCUT2D eigenvalue weighted by molar-refractivity contribution is 0.415. The number of methoxy groups -OCH3 is 1. The van der Waals surface area contributed by atoms with Crippen molar-refractivity contribution in [3.05, 3.63) is 54.2 Å². The zero-order valence-corrected chi connectivity index (χ0v) is 14.1. The van der Waals surface area contributed by atoms with Crippen LogP contribution in [0.3, 0.4) is 0 Å². The Hall–Kier alpha value is -2.44. The Bertz CT molecular complexity index is 899. The molecule has 2 heterocycles. The minimum absolute atomic E-state index is 0.820. The van der Waals surface area contributed by atoms with Crippen LogP contribution in [0, 0.1) is 0 Å². The van der Waals surface area contributed by atoms with Crippen LogP contribution in [0.5, 0.6) is 5.75 Å². The van der Waals surface area contributed by atoms with E-state index in [4.69, 9.17) is 9.88 Å². The SMILES string of the molecule is COc1ccc2c(N3CCc4ccc(NSN)cc43)ccnc2c1. The lowest BCUT2D eigenvalue weighted by atomic mass is 10.1. The van der Waals surface area contributed by atoms with Crippen LogP contribution in [0.25, 0.3) is 10.9 Å². The van der Waals surface area contributed by atoms with Crippen molar-refractivity contribution in [3.8, 4) is 5.75 Å². The number of nitrogens with two attached hydrogens (primary N) is 1. The fraction of sp³-hybridized carbons (Fsp3) is 0.167. The number of ether oxygens (including phenoxy) is 1. The molecule has 1 aliphatic rings. The molecule has 3 N–H and O–H groups in total. The molecule has 122 valence electrons. The van der Waals surface area contributed by atoms with Crippen LogP contribution >= 0.6 is 12.1 Å². The van der Waals surface area contributed by atoms with E-state index in [-0.39, 0.29) is 0 Å². The first-order valence-electron chi connectivity index (χ1n) is 7.75. The molecule has 1 aliphatic heterocycles. The summed E-state index contributed by atoms with van der Waals surface area (Å²) < 4.78 is 8.41. The highest BCUT2D eigenvalue weighted by atomic mass is 32.2. The number of nitrogens with zero attached hydrogens (tertiary/aromatic N) is 2. The van der Waals surface area contributed by atoms with Crippen LogP contribution < -0.4 is 19.5 Å². The maximum Gasteiger partial charge on any atom is 0.121 e. The number of rotatable bonds is 4. The first kappa shape index (κ1) is 15.1. The Morgan fingerprint density at radius 1 is 1.17 bits per heavy atom. The molecule has 0 atom stereocenters. The molecule has 0 radical (unpaired) electrons. The summed E-state index contributed by atoms with van der Waals surface area (Å²) in [5.74, 6) is 0.820. The highest BCUT2D eigenvalue weighted by Crippen LogP contribution is 2.39. The predicted octanol–water partition coefficient (Wildman–Crippen LogP) is 3.87. The number of hydrogen-bond donors (Lipinski definition) is 2. The van der Waals surface area contributed by atoms with Gasteiger partial charge in [0.2, 0.25) is 0 Å². The number of aromatic nitrogens is 1. The van der Waals surface area contributed by atoms with Gasteiger partial charge in [0, 0.05) is 47.7 Å². The smallest absolute Gasteiger partial charge is 0.121 e. The van der Waals surface area contributed by atoms with Crippen molar-refractivity contribution in [3.63, 3.8) is 0 Å². The predicted molar refractivity (Wildman–Crippen MR) is 101 cm³/mol. The first-order valence-corrected chi connectivity index (χ1v) is 8.63. The van der Waals surface area contributed by atoms with Crippen LogP contribution in [0.2, 0.25) is 0 Å². The van der Waals surface area contributed by atoms with Gasteiger partial charge in [-0.05, 0) is 42.3 Å². The average Bonchev–Trinajstić information content (AvgIpc) is 3.04. The molecule has 4 rings (SSSR count).